The number of nitrogens with one attached hydrogen (secondary N) is 1. The molecule has 1 aliphatic heterocycles. The number of rotatable bonds is 5. The molecule has 4 nitrogen and oxygen atoms in total. The van der Waals surface area contributed by atoms with Crippen LogP contribution in [0, 0.1) is 0 Å². The number of benzene rings is 1. The monoisotopic (exact) mass is 290 g/mol. The Morgan fingerprint density at radius 2 is 1.86 bits per heavy atom. The zero-order chi connectivity index (χ0) is 15.3. The number of morpholine rings is 1. The average molecular weight is 290 g/mol. The minimum absolute atomic E-state index is 0.00378. The van der Waals surface area contributed by atoms with Gasteiger partial charge in [-0.05, 0) is 38.0 Å². The lowest BCUT2D eigenvalue weighted by Gasteiger charge is -2.35. The van der Waals surface area contributed by atoms with Crippen molar-refractivity contribution >= 4 is 5.91 Å². The quantitative estimate of drug-likeness (QED) is 0.903. The summed E-state index contributed by atoms with van der Waals surface area (Å²) in [4.78, 5) is 14.7. The fourth-order valence-electron chi connectivity index (χ4n) is 2.63. The Kier molecular flexibility index (Phi) is 5.37. The summed E-state index contributed by atoms with van der Waals surface area (Å²) in [5.41, 5.74) is 1.72. The number of amides is 1. The number of nitrogens with zero attached hydrogens (tertiary/aromatic N) is 1. The largest absolute Gasteiger partial charge is 0.379 e. The zero-order valence-corrected chi connectivity index (χ0v) is 13.3. The second-order valence-electron chi connectivity index (χ2n) is 6.28. The van der Waals surface area contributed by atoms with E-state index in [1.54, 1.807) is 0 Å². The van der Waals surface area contributed by atoms with Crippen LogP contribution in [0.1, 0.15) is 36.7 Å². The molecule has 0 saturated carbocycles. The van der Waals surface area contributed by atoms with Gasteiger partial charge in [-0.15, -0.1) is 0 Å². The Morgan fingerprint density at radius 1 is 1.24 bits per heavy atom. The third-order valence-electron chi connectivity index (χ3n) is 3.80. The Morgan fingerprint density at radius 3 is 2.43 bits per heavy atom. The highest BCUT2D eigenvalue weighted by molar-refractivity contribution is 5.94. The number of hydrogen-bond donors (Lipinski definition) is 1. The van der Waals surface area contributed by atoms with E-state index in [9.17, 15) is 4.79 Å². The fraction of sp³-hybridized carbons (Fsp3) is 0.588. The number of aryl methyl sites for hydroxylation is 1. The molecule has 1 fully saturated rings. The highest BCUT2D eigenvalue weighted by Crippen LogP contribution is 2.11. The molecule has 1 aromatic rings. The molecule has 0 bridgehead atoms. The maximum absolute atomic E-state index is 12.3. The molecule has 1 heterocycles. The maximum atomic E-state index is 12.3. The fourth-order valence-corrected chi connectivity index (χ4v) is 2.63. The second-order valence-corrected chi connectivity index (χ2v) is 6.28. The number of hydrogen-bond acceptors (Lipinski definition) is 3. The van der Waals surface area contributed by atoms with E-state index in [0.717, 1.165) is 44.8 Å². The number of ether oxygens (including phenoxy) is 1. The van der Waals surface area contributed by atoms with Gasteiger partial charge in [-0.25, -0.2) is 0 Å². The molecule has 1 aliphatic rings. The molecule has 0 aromatic heterocycles. The van der Waals surface area contributed by atoms with Gasteiger partial charge in [0.15, 0.2) is 0 Å². The molecule has 0 aliphatic carbocycles. The van der Waals surface area contributed by atoms with Crippen molar-refractivity contribution in [1.82, 2.24) is 10.2 Å². The molecule has 1 saturated heterocycles. The smallest absolute Gasteiger partial charge is 0.251 e. The van der Waals surface area contributed by atoms with Gasteiger partial charge in [0.25, 0.3) is 5.91 Å². The van der Waals surface area contributed by atoms with Crippen LogP contribution in [-0.2, 0) is 11.2 Å². The molecule has 1 aromatic carbocycles. The highest BCUT2D eigenvalue weighted by Gasteiger charge is 2.25. The Labute approximate surface area is 127 Å². The summed E-state index contributed by atoms with van der Waals surface area (Å²) in [5.74, 6) is -0.00378. The lowest BCUT2D eigenvalue weighted by Crippen LogP contribution is -2.53. The van der Waals surface area contributed by atoms with Crippen LogP contribution in [0.15, 0.2) is 24.3 Å². The number of carbonyl (C=O) groups excluding carboxylic acids is 1. The van der Waals surface area contributed by atoms with Crippen molar-refractivity contribution in [3.63, 3.8) is 0 Å². The molecule has 0 spiro atoms. The summed E-state index contributed by atoms with van der Waals surface area (Å²) in [5, 5.41) is 3.14. The van der Waals surface area contributed by atoms with Crippen molar-refractivity contribution in [3.8, 4) is 0 Å². The van der Waals surface area contributed by atoms with Crippen LogP contribution in [0.5, 0.6) is 0 Å². The molecule has 0 atom stereocenters. The van der Waals surface area contributed by atoms with Gasteiger partial charge in [0.1, 0.15) is 0 Å². The summed E-state index contributed by atoms with van der Waals surface area (Å²) < 4.78 is 5.36. The van der Waals surface area contributed by atoms with Crippen LogP contribution in [-0.4, -0.2) is 49.2 Å². The van der Waals surface area contributed by atoms with E-state index in [1.165, 1.54) is 5.56 Å². The predicted octanol–water partition coefficient (Wildman–Crippen LogP) is 2.09. The predicted molar refractivity (Wildman–Crippen MR) is 84.6 cm³/mol. The minimum Gasteiger partial charge on any atom is -0.379 e. The van der Waals surface area contributed by atoms with Gasteiger partial charge in [-0.3, -0.25) is 9.69 Å². The van der Waals surface area contributed by atoms with Crippen LogP contribution >= 0.6 is 0 Å². The Balaban J connectivity index is 1.92. The third kappa shape index (κ3) is 4.83. The molecule has 116 valence electrons. The van der Waals surface area contributed by atoms with Gasteiger partial charge < -0.3 is 10.1 Å². The van der Waals surface area contributed by atoms with Gasteiger partial charge in [0, 0.05) is 30.7 Å². The average Bonchev–Trinajstić information content (AvgIpc) is 2.47. The lowest BCUT2D eigenvalue weighted by molar-refractivity contribution is 0.0269. The van der Waals surface area contributed by atoms with Crippen LogP contribution < -0.4 is 5.32 Å². The van der Waals surface area contributed by atoms with E-state index in [1.807, 2.05) is 24.3 Å². The first-order chi connectivity index (χ1) is 10.00. The summed E-state index contributed by atoms with van der Waals surface area (Å²) in [6.07, 6.45) is 0.990. The molecule has 0 radical (unpaired) electrons. The van der Waals surface area contributed by atoms with E-state index in [4.69, 9.17) is 4.74 Å². The molecule has 21 heavy (non-hydrogen) atoms. The van der Waals surface area contributed by atoms with Gasteiger partial charge in [0.05, 0.1) is 13.2 Å². The van der Waals surface area contributed by atoms with Crippen molar-refractivity contribution in [2.75, 3.05) is 32.8 Å². The third-order valence-corrected chi connectivity index (χ3v) is 3.80. The zero-order valence-electron chi connectivity index (χ0n) is 13.3. The van der Waals surface area contributed by atoms with Crippen LogP contribution in [0.2, 0.25) is 0 Å². The Bertz CT molecular complexity index is 462. The summed E-state index contributed by atoms with van der Waals surface area (Å²) in [7, 11) is 0. The topological polar surface area (TPSA) is 41.6 Å². The van der Waals surface area contributed by atoms with Crippen molar-refractivity contribution in [1.29, 1.82) is 0 Å². The first-order valence-corrected chi connectivity index (χ1v) is 7.72. The van der Waals surface area contributed by atoms with Crippen LogP contribution in [0.3, 0.4) is 0 Å². The summed E-state index contributed by atoms with van der Waals surface area (Å²) in [6.45, 7) is 10.5. The molecule has 0 unspecified atom stereocenters. The molecular formula is C17H26N2O2. The van der Waals surface area contributed by atoms with Crippen molar-refractivity contribution in [2.45, 2.75) is 32.7 Å². The first kappa shape index (κ1) is 16.0. The SMILES string of the molecule is CCc1ccc(C(=O)NC(C)(C)CN2CCOCC2)cc1. The van der Waals surface area contributed by atoms with Crippen LogP contribution in [0.25, 0.3) is 0 Å². The summed E-state index contributed by atoms with van der Waals surface area (Å²) in [6, 6.07) is 7.84. The van der Waals surface area contributed by atoms with E-state index in [0.29, 0.717) is 0 Å². The van der Waals surface area contributed by atoms with Crippen molar-refractivity contribution in [2.24, 2.45) is 0 Å². The summed E-state index contributed by atoms with van der Waals surface area (Å²) >= 11 is 0. The van der Waals surface area contributed by atoms with Crippen molar-refractivity contribution < 1.29 is 9.53 Å². The standard InChI is InChI=1S/C17H26N2O2/c1-4-14-5-7-15(8-6-14)16(20)18-17(2,3)13-19-9-11-21-12-10-19/h5-8H,4,9-13H2,1-3H3,(H,18,20). The van der Waals surface area contributed by atoms with Crippen molar-refractivity contribution in [3.05, 3.63) is 35.4 Å². The van der Waals surface area contributed by atoms with E-state index in [2.05, 4.69) is 31.0 Å². The maximum Gasteiger partial charge on any atom is 0.251 e. The minimum atomic E-state index is -0.252. The van der Waals surface area contributed by atoms with E-state index >= 15 is 0 Å². The molecular weight excluding hydrogens is 264 g/mol. The van der Waals surface area contributed by atoms with E-state index < -0.39 is 0 Å². The number of carbonyl (C=O) groups is 1. The molecule has 2 rings (SSSR count). The molecule has 1 N–H and O–H groups in total. The van der Waals surface area contributed by atoms with Gasteiger partial charge >= 0.3 is 0 Å². The second kappa shape index (κ2) is 7.05. The molecule has 1 amide bonds. The van der Waals surface area contributed by atoms with Crippen LogP contribution in [0.4, 0.5) is 0 Å². The Hall–Kier alpha value is -1.39. The first-order valence-electron chi connectivity index (χ1n) is 7.72. The van der Waals surface area contributed by atoms with Gasteiger partial charge in [-0.2, -0.15) is 0 Å². The van der Waals surface area contributed by atoms with E-state index in [-0.39, 0.29) is 11.4 Å². The highest BCUT2D eigenvalue weighted by atomic mass is 16.5. The molecule has 4 heteroatoms. The normalized spacial score (nSPS) is 16.7. The lowest BCUT2D eigenvalue weighted by atomic mass is 10.0. The van der Waals surface area contributed by atoms with Gasteiger partial charge in [0.2, 0.25) is 0 Å². The van der Waals surface area contributed by atoms with Gasteiger partial charge in [-0.1, -0.05) is 19.1 Å².